The summed E-state index contributed by atoms with van der Waals surface area (Å²) in [5.74, 6) is 0.399. The van der Waals surface area contributed by atoms with Crippen LogP contribution in [0.2, 0.25) is 0 Å². The summed E-state index contributed by atoms with van der Waals surface area (Å²) in [5.41, 5.74) is 8.42. The number of benzene rings is 1. The maximum absolute atomic E-state index is 11.6. The van der Waals surface area contributed by atoms with Crippen LogP contribution in [-0.2, 0) is 9.53 Å². The highest BCUT2D eigenvalue weighted by Gasteiger charge is 2.09. The van der Waals surface area contributed by atoms with Crippen molar-refractivity contribution in [2.75, 3.05) is 19.8 Å². The summed E-state index contributed by atoms with van der Waals surface area (Å²) in [7, 11) is 0. The largest absolute Gasteiger partial charge is 0.372 e. The fourth-order valence-corrected chi connectivity index (χ4v) is 1.93. The first-order valence-electron chi connectivity index (χ1n) is 7.74. The highest BCUT2D eigenvalue weighted by atomic mass is 16.5. The molecule has 1 aromatic rings. The predicted molar refractivity (Wildman–Crippen MR) is 86.2 cm³/mol. The number of ether oxygens (including phenoxy) is 1. The Hall–Kier alpha value is -1.39. The van der Waals surface area contributed by atoms with Gasteiger partial charge in [-0.2, -0.15) is 0 Å². The second-order valence-corrected chi connectivity index (χ2v) is 5.64. The monoisotopic (exact) mass is 292 g/mol. The van der Waals surface area contributed by atoms with E-state index in [1.165, 1.54) is 5.56 Å². The summed E-state index contributed by atoms with van der Waals surface area (Å²) in [6, 6.07) is 8.06. The summed E-state index contributed by atoms with van der Waals surface area (Å²) < 4.78 is 5.26. The molecule has 0 aliphatic heterocycles. The lowest BCUT2D eigenvalue weighted by molar-refractivity contribution is -0.125. The van der Waals surface area contributed by atoms with Gasteiger partial charge in [-0.05, 0) is 23.5 Å². The Morgan fingerprint density at radius 3 is 2.43 bits per heavy atom. The minimum absolute atomic E-state index is 0.110. The second-order valence-electron chi connectivity index (χ2n) is 5.64. The van der Waals surface area contributed by atoms with Crippen molar-refractivity contribution < 1.29 is 9.53 Å². The Labute approximate surface area is 128 Å². The molecule has 0 bridgehead atoms. The molecule has 118 valence electrons. The molecule has 0 aliphatic carbocycles. The van der Waals surface area contributed by atoms with E-state index in [0.29, 0.717) is 19.1 Å². The Kier molecular flexibility index (Phi) is 8.01. The van der Waals surface area contributed by atoms with E-state index < -0.39 is 0 Å². The van der Waals surface area contributed by atoms with Gasteiger partial charge in [-0.15, -0.1) is 0 Å². The quantitative estimate of drug-likeness (QED) is 0.688. The molecular formula is C17H28N2O2. The van der Waals surface area contributed by atoms with Crippen molar-refractivity contribution in [1.29, 1.82) is 0 Å². The van der Waals surface area contributed by atoms with E-state index in [2.05, 4.69) is 38.2 Å². The number of hydrogen-bond donors (Lipinski definition) is 2. The van der Waals surface area contributed by atoms with Crippen LogP contribution in [0.1, 0.15) is 56.7 Å². The van der Waals surface area contributed by atoms with Crippen molar-refractivity contribution in [3.63, 3.8) is 0 Å². The third-order valence-corrected chi connectivity index (χ3v) is 3.43. The number of rotatable bonds is 9. The van der Waals surface area contributed by atoms with E-state index >= 15 is 0 Å². The Bertz CT molecular complexity index is 415. The average Bonchev–Trinajstić information content (AvgIpc) is 2.49. The van der Waals surface area contributed by atoms with Crippen molar-refractivity contribution in [2.24, 2.45) is 5.73 Å². The first-order valence-corrected chi connectivity index (χ1v) is 7.74. The molecule has 1 unspecified atom stereocenters. The molecular weight excluding hydrogens is 264 g/mol. The highest BCUT2D eigenvalue weighted by Crippen LogP contribution is 2.17. The molecule has 0 spiro atoms. The third-order valence-electron chi connectivity index (χ3n) is 3.43. The van der Waals surface area contributed by atoms with Crippen molar-refractivity contribution in [1.82, 2.24) is 5.32 Å². The predicted octanol–water partition coefficient (Wildman–Crippen LogP) is 2.74. The molecule has 1 amide bonds. The lowest BCUT2D eigenvalue weighted by Gasteiger charge is -2.14. The number of carbonyl (C=O) groups is 1. The lowest BCUT2D eigenvalue weighted by atomic mass is 9.99. The highest BCUT2D eigenvalue weighted by molar-refractivity contribution is 5.77. The van der Waals surface area contributed by atoms with Crippen molar-refractivity contribution in [3.05, 3.63) is 35.4 Å². The standard InChI is InChI=1S/C17H28N2O2/c1-4-5-10-21-12-17(20)19-11-16(18)15-8-6-14(7-9-15)13(2)3/h6-9,13,16H,4-5,10-12,18H2,1-3H3,(H,19,20). The smallest absolute Gasteiger partial charge is 0.246 e. The van der Waals surface area contributed by atoms with Gasteiger partial charge >= 0.3 is 0 Å². The molecule has 1 rings (SSSR count). The molecule has 0 aliphatic rings. The summed E-state index contributed by atoms with van der Waals surface area (Å²) >= 11 is 0. The summed E-state index contributed by atoms with van der Waals surface area (Å²) in [6.07, 6.45) is 2.05. The van der Waals surface area contributed by atoms with Gasteiger partial charge in [-0.3, -0.25) is 4.79 Å². The molecule has 4 heteroatoms. The zero-order valence-electron chi connectivity index (χ0n) is 13.4. The molecule has 0 saturated heterocycles. The van der Waals surface area contributed by atoms with E-state index in [4.69, 9.17) is 10.5 Å². The molecule has 4 nitrogen and oxygen atoms in total. The molecule has 0 radical (unpaired) electrons. The Morgan fingerprint density at radius 2 is 1.86 bits per heavy atom. The van der Waals surface area contributed by atoms with Crippen LogP contribution in [0.25, 0.3) is 0 Å². The van der Waals surface area contributed by atoms with Gasteiger partial charge in [-0.25, -0.2) is 0 Å². The molecule has 3 N–H and O–H groups in total. The topological polar surface area (TPSA) is 64.3 Å². The van der Waals surface area contributed by atoms with Crippen LogP contribution in [0.5, 0.6) is 0 Å². The van der Waals surface area contributed by atoms with E-state index in [-0.39, 0.29) is 18.6 Å². The van der Waals surface area contributed by atoms with Gasteiger partial charge < -0.3 is 15.8 Å². The van der Waals surface area contributed by atoms with Crippen LogP contribution in [0.15, 0.2) is 24.3 Å². The minimum atomic E-state index is -0.189. The number of carbonyl (C=O) groups excluding carboxylic acids is 1. The van der Waals surface area contributed by atoms with Crippen LogP contribution in [0.3, 0.4) is 0 Å². The van der Waals surface area contributed by atoms with Gasteiger partial charge in [0.2, 0.25) is 5.91 Å². The van der Waals surface area contributed by atoms with Crippen molar-refractivity contribution in [3.8, 4) is 0 Å². The number of unbranched alkanes of at least 4 members (excludes halogenated alkanes) is 1. The molecule has 0 fully saturated rings. The maximum atomic E-state index is 11.6. The molecule has 1 aromatic carbocycles. The molecule has 0 saturated carbocycles. The van der Waals surface area contributed by atoms with Crippen LogP contribution in [-0.4, -0.2) is 25.7 Å². The lowest BCUT2D eigenvalue weighted by Crippen LogP contribution is -2.34. The molecule has 0 heterocycles. The van der Waals surface area contributed by atoms with Gasteiger partial charge in [-0.1, -0.05) is 51.5 Å². The van der Waals surface area contributed by atoms with E-state index in [0.717, 1.165) is 18.4 Å². The molecule has 1 atom stereocenters. The number of nitrogens with one attached hydrogen (secondary N) is 1. The van der Waals surface area contributed by atoms with Gasteiger partial charge in [0.1, 0.15) is 6.61 Å². The van der Waals surface area contributed by atoms with Crippen LogP contribution in [0, 0.1) is 0 Å². The fraction of sp³-hybridized carbons (Fsp3) is 0.588. The maximum Gasteiger partial charge on any atom is 0.246 e. The first kappa shape index (κ1) is 17.7. The number of amides is 1. The normalized spacial score (nSPS) is 12.4. The van der Waals surface area contributed by atoms with Gasteiger partial charge in [0.25, 0.3) is 0 Å². The summed E-state index contributed by atoms with van der Waals surface area (Å²) in [4.78, 5) is 11.6. The van der Waals surface area contributed by atoms with Crippen LogP contribution in [0.4, 0.5) is 0 Å². The molecule has 21 heavy (non-hydrogen) atoms. The van der Waals surface area contributed by atoms with Crippen molar-refractivity contribution in [2.45, 2.75) is 45.6 Å². The van der Waals surface area contributed by atoms with Crippen molar-refractivity contribution >= 4 is 5.91 Å². The van der Waals surface area contributed by atoms with Crippen LogP contribution < -0.4 is 11.1 Å². The van der Waals surface area contributed by atoms with E-state index in [9.17, 15) is 4.79 Å². The second kappa shape index (κ2) is 9.53. The van der Waals surface area contributed by atoms with E-state index in [1.54, 1.807) is 0 Å². The zero-order chi connectivity index (χ0) is 15.7. The van der Waals surface area contributed by atoms with Crippen LogP contribution >= 0.6 is 0 Å². The Balaban J connectivity index is 2.32. The third kappa shape index (κ3) is 6.74. The summed E-state index contributed by atoms with van der Waals surface area (Å²) in [5, 5.41) is 2.81. The van der Waals surface area contributed by atoms with Gasteiger partial charge in [0.05, 0.1) is 0 Å². The zero-order valence-corrected chi connectivity index (χ0v) is 13.4. The number of hydrogen-bond acceptors (Lipinski definition) is 3. The molecule has 0 aromatic heterocycles. The average molecular weight is 292 g/mol. The first-order chi connectivity index (χ1) is 10.0. The van der Waals surface area contributed by atoms with Gasteiger partial charge in [0, 0.05) is 19.2 Å². The minimum Gasteiger partial charge on any atom is -0.372 e. The SMILES string of the molecule is CCCCOCC(=O)NCC(N)c1ccc(C(C)C)cc1. The fourth-order valence-electron chi connectivity index (χ4n) is 1.93. The Morgan fingerprint density at radius 1 is 1.24 bits per heavy atom. The summed E-state index contributed by atoms with van der Waals surface area (Å²) in [6.45, 7) is 7.58. The number of nitrogens with two attached hydrogens (primary N) is 1. The van der Waals surface area contributed by atoms with Gasteiger partial charge in [0.15, 0.2) is 0 Å². The van der Waals surface area contributed by atoms with E-state index in [1.807, 2.05) is 12.1 Å².